The fourth-order valence-electron chi connectivity index (χ4n) is 3.98. The molecule has 2 aliphatic rings. The molecule has 1 aliphatic heterocycles. The second-order valence-electron chi connectivity index (χ2n) is 7.97. The molecule has 1 aromatic rings. The van der Waals surface area contributed by atoms with Gasteiger partial charge in [0.2, 0.25) is 18.1 Å². The number of nitrogens with zero attached hydrogens (tertiary/aromatic N) is 3. The molecule has 1 saturated heterocycles. The Kier molecular flexibility index (Phi) is 9.76. The molecule has 2 atom stereocenters. The van der Waals surface area contributed by atoms with E-state index in [4.69, 9.17) is 21.2 Å². The minimum Gasteiger partial charge on any atom is -0.350 e. The van der Waals surface area contributed by atoms with Gasteiger partial charge in [0.05, 0.1) is 12.5 Å². The topological polar surface area (TPSA) is 106 Å². The Hall–Kier alpha value is -1.69. The SMILES string of the molecule is CSc1nc(Cl)c(F)c(NNC(=O)[C@@H](CC2CCCC2)CN(C=O)OC2CCCCO2)n1. The van der Waals surface area contributed by atoms with Crippen molar-refractivity contribution in [2.45, 2.75) is 62.8 Å². The summed E-state index contributed by atoms with van der Waals surface area (Å²) in [7, 11) is 0. The highest BCUT2D eigenvalue weighted by molar-refractivity contribution is 7.98. The largest absolute Gasteiger partial charge is 0.350 e. The van der Waals surface area contributed by atoms with Crippen LogP contribution >= 0.6 is 23.4 Å². The minimum absolute atomic E-state index is 0.0659. The van der Waals surface area contributed by atoms with E-state index in [1.165, 1.54) is 11.8 Å². The molecule has 0 aromatic carbocycles. The van der Waals surface area contributed by atoms with Crippen molar-refractivity contribution in [2.75, 3.05) is 24.8 Å². The van der Waals surface area contributed by atoms with Crippen molar-refractivity contribution in [3.63, 3.8) is 0 Å². The van der Waals surface area contributed by atoms with Crippen LogP contribution in [-0.2, 0) is 19.2 Å². The van der Waals surface area contributed by atoms with E-state index in [1.807, 2.05) is 0 Å². The van der Waals surface area contributed by atoms with Crippen LogP contribution in [0.15, 0.2) is 5.16 Å². The van der Waals surface area contributed by atoms with E-state index in [0.717, 1.165) is 43.6 Å². The van der Waals surface area contributed by atoms with Gasteiger partial charge in [0.25, 0.3) is 0 Å². The van der Waals surface area contributed by atoms with Crippen molar-refractivity contribution in [2.24, 2.45) is 11.8 Å². The van der Waals surface area contributed by atoms with Gasteiger partial charge in [-0.2, -0.15) is 4.39 Å². The molecule has 1 aromatic heterocycles. The number of aromatic nitrogens is 2. The number of halogens is 2. The van der Waals surface area contributed by atoms with Crippen LogP contribution < -0.4 is 10.9 Å². The maximum Gasteiger partial charge on any atom is 0.243 e. The van der Waals surface area contributed by atoms with Gasteiger partial charge in [-0.15, -0.1) is 0 Å². The number of rotatable bonds is 11. The molecule has 9 nitrogen and oxygen atoms in total. The molecule has 32 heavy (non-hydrogen) atoms. The van der Waals surface area contributed by atoms with Gasteiger partial charge in [-0.3, -0.25) is 20.4 Å². The number of hydroxylamine groups is 2. The summed E-state index contributed by atoms with van der Waals surface area (Å²) in [6.45, 7) is 0.648. The Balaban J connectivity index is 1.64. The lowest BCUT2D eigenvalue weighted by atomic mass is 9.92. The van der Waals surface area contributed by atoms with Crippen LogP contribution in [0.2, 0.25) is 5.15 Å². The molecule has 0 bridgehead atoms. The number of carbonyl (C=O) groups is 2. The Bertz CT molecular complexity index is 781. The Morgan fingerprint density at radius 1 is 1.34 bits per heavy atom. The maximum atomic E-state index is 14.3. The van der Waals surface area contributed by atoms with Crippen LogP contribution in [0.5, 0.6) is 0 Å². The van der Waals surface area contributed by atoms with Crippen LogP contribution in [0.4, 0.5) is 10.2 Å². The predicted molar refractivity (Wildman–Crippen MR) is 118 cm³/mol. The highest BCUT2D eigenvalue weighted by atomic mass is 35.5. The predicted octanol–water partition coefficient (Wildman–Crippen LogP) is 3.55. The van der Waals surface area contributed by atoms with Gasteiger partial charge in [-0.05, 0) is 31.4 Å². The number of anilines is 1. The normalized spacial score (nSPS) is 20.0. The third-order valence-corrected chi connectivity index (χ3v) is 6.45. The lowest BCUT2D eigenvalue weighted by Crippen LogP contribution is -2.43. The number of amides is 2. The molecule has 178 valence electrons. The zero-order valence-corrected chi connectivity index (χ0v) is 19.6. The smallest absolute Gasteiger partial charge is 0.243 e. The summed E-state index contributed by atoms with van der Waals surface area (Å²) in [6, 6.07) is 0. The molecule has 2 amide bonds. The summed E-state index contributed by atoms with van der Waals surface area (Å²) in [5.74, 6) is -1.64. The van der Waals surface area contributed by atoms with Gasteiger partial charge in [0.1, 0.15) is 0 Å². The Morgan fingerprint density at radius 2 is 2.09 bits per heavy atom. The highest BCUT2D eigenvalue weighted by Gasteiger charge is 2.29. The van der Waals surface area contributed by atoms with E-state index in [0.29, 0.717) is 31.8 Å². The molecular formula is C20H29ClFN5O4S. The molecule has 2 heterocycles. The van der Waals surface area contributed by atoms with E-state index in [1.54, 1.807) is 6.26 Å². The summed E-state index contributed by atoms with van der Waals surface area (Å²) in [4.78, 5) is 38.1. The second-order valence-corrected chi connectivity index (χ2v) is 9.10. The average molecular weight is 490 g/mol. The first-order valence-corrected chi connectivity index (χ1v) is 12.4. The summed E-state index contributed by atoms with van der Waals surface area (Å²) in [6.07, 6.45) is 9.33. The standard InChI is InChI=1S/C20H29ClFN5O4S/c1-32-20-23-17(21)16(22)18(24-20)25-26-19(29)14(10-13-6-2-3-7-13)11-27(12-28)31-15-8-4-5-9-30-15/h12-15H,2-11H2,1H3,(H,26,29)(H,23,24,25)/t14-,15?/m0/s1. The average Bonchev–Trinajstić information content (AvgIpc) is 3.32. The first kappa shape index (κ1) is 24.9. The lowest BCUT2D eigenvalue weighted by Gasteiger charge is -2.29. The van der Waals surface area contributed by atoms with Crippen LogP contribution in [0, 0.1) is 17.7 Å². The second kappa shape index (κ2) is 12.5. The minimum atomic E-state index is -0.857. The highest BCUT2D eigenvalue weighted by Crippen LogP contribution is 2.31. The molecule has 2 fully saturated rings. The Morgan fingerprint density at radius 3 is 2.75 bits per heavy atom. The molecule has 2 N–H and O–H groups in total. The number of hydrogen-bond donors (Lipinski definition) is 2. The van der Waals surface area contributed by atoms with Crippen LogP contribution in [0.25, 0.3) is 0 Å². The van der Waals surface area contributed by atoms with E-state index in [-0.39, 0.29) is 22.7 Å². The van der Waals surface area contributed by atoms with Gasteiger partial charge < -0.3 is 4.74 Å². The van der Waals surface area contributed by atoms with Crippen molar-refractivity contribution in [3.8, 4) is 0 Å². The summed E-state index contributed by atoms with van der Waals surface area (Å²) in [5, 5.41) is 1.06. The summed E-state index contributed by atoms with van der Waals surface area (Å²) in [5.41, 5.74) is 5.02. The van der Waals surface area contributed by atoms with Crippen LogP contribution in [0.3, 0.4) is 0 Å². The molecular weight excluding hydrogens is 461 g/mol. The Labute approximate surface area is 196 Å². The van der Waals surface area contributed by atoms with Gasteiger partial charge in [-0.25, -0.2) is 19.9 Å². The fraction of sp³-hybridized carbons (Fsp3) is 0.700. The third kappa shape index (κ3) is 7.16. The van der Waals surface area contributed by atoms with E-state index >= 15 is 0 Å². The van der Waals surface area contributed by atoms with E-state index in [2.05, 4.69) is 20.8 Å². The number of ether oxygens (including phenoxy) is 1. The van der Waals surface area contributed by atoms with Gasteiger partial charge >= 0.3 is 0 Å². The van der Waals surface area contributed by atoms with Crippen molar-refractivity contribution in [1.82, 2.24) is 20.5 Å². The van der Waals surface area contributed by atoms with Crippen molar-refractivity contribution >= 4 is 41.5 Å². The number of hydrogen-bond acceptors (Lipinski definition) is 8. The maximum absolute atomic E-state index is 14.3. The molecule has 0 radical (unpaired) electrons. The van der Waals surface area contributed by atoms with E-state index in [9.17, 15) is 14.0 Å². The van der Waals surface area contributed by atoms with Gasteiger partial charge in [0, 0.05) is 13.0 Å². The monoisotopic (exact) mass is 489 g/mol. The van der Waals surface area contributed by atoms with Crippen LogP contribution in [-0.4, -0.2) is 53.0 Å². The number of thioether (sulfide) groups is 1. The third-order valence-electron chi connectivity index (χ3n) is 5.65. The van der Waals surface area contributed by atoms with Gasteiger partial charge in [0.15, 0.2) is 22.4 Å². The molecule has 12 heteroatoms. The van der Waals surface area contributed by atoms with E-state index < -0.39 is 23.9 Å². The van der Waals surface area contributed by atoms with Crippen molar-refractivity contribution < 1.29 is 23.6 Å². The lowest BCUT2D eigenvalue weighted by molar-refractivity contribution is -0.276. The number of hydrazine groups is 1. The summed E-state index contributed by atoms with van der Waals surface area (Å²) >= 11 is 7.00. The number of carbonyl (C=O) groups excluding carboxylic acids is 2. The van der Waals surface area contributed by atoms with Crippen molar-refractivity contribution in [1.29, 1.82) is 0 Å². The van der Waals surface area contributed by atoms with Crippen LogP contribution in [0.1, 0.15) is 51.4 Å². The fourth-order valence-corrected chi connectivity index (χ4v) is 4.57. The quantitative estimate of drug-likeness (QED) is 0.160. The molecule has 1 unspecified atom stereocenters. The zero-order chi connectivity index (χ0) is 22.9. The number of nitrogens with one attached hydrogen (secondary N) is 2. The first-order chi connectivity index (χ1) is 15.5. The molecule has 3 rings (SSSR count). The van der Waals surface area contributed by atoms with Crippen molar-refractivity contribution in [3.05, 3.63) is 11.0 Å². The molecule has 0 spiro atoms. The summed E-state index contributed by atoms with van der Waals surface area (Å²) < 4.78 is 19.8. The first-order valence-electron chi connectivity index (χ1n) is 10.8. The van der Waals surface area contributed by atoms with Gasteiger partial charge in [-0.1, -0.05) is 49.0 Å². The molecule has 1 saturated carbocycles. The molecule has 1 aliphatic carbocycles. The zero-order valence-electron chi connectivity index (χ0n) is 18.0.